The van der Waals surface area contributed by atoms with E-state index in [1.807, 2.05) is 25.1 Å². The van der Waals surface area contributed by atoms with Crippen LogP contribution < -0.4 is 15.8 Å². The molecule has 0 aliphatic rings. The van der Waals surface area contributed by atoms with Crippen LogP contribution in [0.3, 0.4) is 0 Å². The van der Waals surface area contributed by atoms with Gasteiger partial charge in [0.25, 0.3) is 0 Å². The lowest BCUT2D eigenvalue weighted by Gasteiger charge is -2.10. The molecule has 96 valence electrons. The first kappa shape index (κ1) is 13.8. The zero-order valence-electron chi connectivity index (χ0n) is 10.2. The van der Waals surface area contributed by atoms with Gasteiger partial charge in [-0.05, 0) is 37.6 Å². The molecule has 4 N–H and O–H groups in total. The zero-order valence-corrected chi connectivity index (χ0v) is 11.0. The highest BCUT2D eigenvalue weighted by atomic mass is 32.2. The maximum atomic E-state index is 11.2. The third-order valence-corrected chi connectivity index (χ3v) is 3.80. The minimum Gasteiger partial charge on any atom is -0.399 e. The smallest absolute Gasteiger partial charge is 0.211 e. The second-order valence-corrected chi connectivity index (χ2v) is 5.89. The highest BCUT2D eigenvalue weighted by molar-refractivity contribution is 7.89. The summed E-state index contributed by atoms with van der Waals surface area (Å²) in [6.07, 6.45) is 0. The van der Waals surface area contributed by atoms with E-state index in [0.717, 1.165) is 16.9 Å². The molecule has 0 heterocycles. The number of aryl methyl sites for hydroxylation is 1. The molecule has 0 radical (unpaired) electrons. The van der Waals surface area contributed by atoms with Gasteiger partial charge in [-0.3, -0.25) is 0 Å². The largest absolute Gasteiger partial charge is 0.399 e. The molecule has 0 atom stereocenters. The third-order valence-electron chi connectivity index (χ3n) is 2.39. The van der Waals surface area contributed by atoms with Crippen LogP contribution in [-0.2, 0) is 10.0 Å². The van der Waals surface area contributed by atoms with Gasteiger partial charge < -0.3 is 11.1 Å². The molecule has 0 aliphatic carbocycles. The van der Waals surface area contributed by atoms with Gasteiger partial charge in [0.05, 0.1) is 5.75 Å². The predicted octanol–water partition coefficient (Wildman–Crippen LogP) is 0.928. The van der Waals surface area contributed by atoms with Gasteiger partial charge in [-0.15, -0.1) is 0 Å². The van der Waals surface area contributed by atoms with Crippen molar-refractivity contribution >= 4 is 21.4 Å². The van der Waals surface area contributed by atoms with Gasteiger partial charge in [-0.25, -0.2) is 13.1 Å². The lowest BCUT2D eigenvalue weighted by atomic mass is 10.2. The number of sulfonamides is 1. The van der Waals surface area contributed by atoms with Crippen LogP contribution in [0.4, 0.5) is 11.4 Å². The summed E-state index contributed by atoms with van der Waals surface area (Å²) in [6.45, 7) is 4.48. The minimum atomic E-state index is -3.10. The Morgan fingerprint density at radius 2 is 2.00 bits per heavy atom. The highest BCUT2D eigenvalue weighted by Crippen LogP contribution is 2.16. The van der Waals surface area contributed by atoms with Crippen LogP contribution in [0.15, 0.2) is 18.2 Å². The highest BCUT2D eigenvalue weighted by Gasteiger charge is 2.04. The minimum absolute atomic E-state index is 0.105. The summed E-state index contributed by atoms with van der Waals surface area (Å²) in [6, 6.07) is 5.57. The van der Waals surface area contributed by atoms with Gasteiger partial charge in [-0.1, -0.05) is 0 Å². The SMILES string of the molecule is CCS(=O)(=O)NCCNc1ccc(N)cc1C. The molecular formula is C11H19N3O2S. The van der Waals surface area contributed by atoms with Crippen molar-refractivity contribution in [2.75, 3.05) is 29.9 Å². The summed E-state index contributed by atoms with van der Waals surface area (Å²) in [4.78, 5) is 0. The molecule has 0 bridgehead atoms. The Labute approximate surface area is 102 Å². The molecular weight excluding hydrogens is 238 g/mol. The van der Waals surface area contributed by atoms with Crippen molar-refractivity contribution in [2.45, 2.75) is 13.8 Å². The van der Waals surface area contributed by atoms with Crippen molar-refractivity contribution < 1.29 is 8.42 Å². The summed E-state index contributed by atoms with van der Waals surface area (Å²) >= 11 is 0. The van der Waals surface area contributed by atoms with Gasteiger partial charge in [0.2, 0.25) is 10.0 Å². The lowest BCUT2D eigenvalue weighted by Crippen LogP contribution is -2.30. The van der Waals surface area contributed by atoms with Crippen molar-refractivity contribution in [3.63, 3.8) is 0 Å². The Hall–Kier alpha value is -1.27. The average molecular weight is 257 g/mol. The van der Waals surface area contributed by atoms with E-state index in [0.29, 0.717) is 13.1 Å². The number of hydrogen-bond acceptors (Lipinski definition) is 4. The fraction of sp³-hybridized carbons (Fsp3) is 0.455. The van der Waals surface area contributed by atoms with E-state index in [1.165, 1.54) is 0 Å². The van der Waals surface area contributed by atoms with E-state index >= 15 is 0 Å². The van der Waals surface area contributed by atoms with Crippen molar-refractivity contribution in [1.29, 1.82) is 0 Å². The molecule has 0 fully saturated rings. The number of benzene rings is 1. The number of hydrogen-bond donors (Lipinski definition) is 3. The van der Waals surface area contributed by atoms with Crippen molar-refractivity contribution in [1.82, 2.24) is 4.72 Å². The number of nitrogens with two attached hydrogens (primary N) is 1. The number of rotatable bonds is 6. The van der Waals surface area contributed by atoms with Crippen LogP contribution in [0, 0.1) is 6.92 Å². The van der Waals surface area contributed by atoms with Crippen molar-refractivity contribution in [3.05, 3.63) is 23.8 Å². The van der Waals surface area contributed by atoms with Gasteiger partial charge in [-0.2, -0.15) is 0 Å². The molecule has 0 saturated carbocycles. The Morgan fingerprint density at radius 3 is 2.59 bits per heavy atom. The number of anilines is 2. The molecule has 0 amide bonds. The molecule has 17 heavy (non-hydrogen) atoms. The second-order valence-electron chi connectivity index (χ2n) is 3.80. The molecule has 6 heteroatoms. The summed E-state index contributed by atoms with van der Waals surface area (Å²) in [7, 11) is -3.10. The van der Waals surface area contributed by atoms with Crippen molar-refractivity contribution in [2.24, 2.45) is 0 Å². The van der Waals surface area contributed by atoms with Gasteiger partial charge >= 0.3 is 0 Å². The maximum Gasteiger partial charge on any atom is 0.211 e. The van der Waals surface area contributed by atoms with Crippen LogP contribution >= 0.6 is 0 Å². The fourth-order valence-corrected chi connectivity index (χ4v) is 2.01. The first-order chi connectivity index (χ1) is 7.94. The summed E-state index contributed by atoms with van der Waals surface area (Å²) in [5, 5.41) is 3.15. The molecule has 0 unspecified atom stereocenters. The molecule has 0 aliphatic heterocycles. The molecule has 5 nitrogen and oxygen atoms in total. The summed E-state index contributed by atoms with van der Waals surface area (Å²) in [5.74, 6) is 0.105. The normalized spacial score (nSPS) is 11.4. The summed E-state index contributed by atoms with van der Waals surface area (Å²) in [5.41, 5.74) is 8.37. The average Bonchev–Trinajstić information content (AvgIpc) is 2.27. The molecule has 1 aromatic rings. The van der Waals surface area contributed by atoms with E-state index < -0.39 is 10.0 Å². The van der Waals surface area contributed by atoms with E-state index in [4.69, 9.17) is 5.73 Å². The second kappa shape index (κ2) is 5.88. The quantitative estimate of drug-likeness (QED) is 0.523. The molecule has 0 saturated heterocycles. The fourth-order valence-electron chi connectivity index (χ4n) is 1.39. The van der Waals surface area contributed by atoms with E-state index in [2.05, 4.69) is 10.0 Å². The van der Waals surface area contributed by atoms with E-state index in [-0.39, 0.29) is 5.75 Å². The number of nitrogens with one attached hydrogen (secondary N) is 2. The molecule has 0 aromatic heterocycles. The van der Waals surface area contributed by atoms with Crippen LogP contribution in [-0.4, -0.2) is 27.3 Å². The molecule has 1 rings (SSSR count). The summed E-state index contributed by atoms with van der Waals surface area (Å²) < 4.78 is 24.8. The lowest BCUT2D eigenvalue weighted by molar-refractivity contribution is 0.584. The predicted molar refractivity (Wildman–Crippen MR) is 71.5 cm³/mol. The maximum absolute atomic E-state index is 11.2. The van der Waals surface area contributed by atoms with Crippen LogP contribution in [0.1, 0.15) is 12.5 Å². The monoisotopic (exact) mass is 257 g/mol. The van der Waals surface area contributed by atoms with Gasteiger partial charge in [0.1, 0.15) is 0 Å². The Balaban J connectivity index is 2.41. The molecule has 1 aromatic carbocycles. The van der Waals surface area contributed by atoms with Crippen molar-refractivity contribution in [3.8, 4) is 0 Å². The van der Waals surface area contributed by atoms with Crippen LogP contribution in [0.5, 0.6) is 0 Å². The van der Waals surface area contributed by atoms with E-state index in [1.54, 1.807) is 6.92 Å². The van der Waals surface area contributed by atoms with Crippen LogP contribution in [0.2, 0.25) is 0 Å². The van der Waals surface area contributed by atoms with Gasteiger partial charge in [0, 0.05) is 24.5 Å². The third kappa shape index (κ3) is 4.62. The van der Waals surface area contributed by atoms with Crippen LogP contribution in [0.25, 0.3) is 0 Å². The zero-order chi connectivity index (χ0) is 12.9. The topological polar surface area (TPSA) is 84.2 Å². The Morgan fingerprint density at radius 1 is 1.29 bits per heavy atom. The molecule has 0 spiro atoms. The first-order valence-electron chi connectivity index (χ1n) is 5.52. The van der Waals surface area contributed by atoms with Gasteiger partial charge in [0.15, 0.2) is 0 Å². The van der Waals surface area contributed by atoms with E-state index in [9.17, 15) is 8.42 Å². The Bertz CT molecular complexity index is 472. The standard InChI is InChI=1S/C11H19N3O2S/c1-3-17(15,16)14-7-6-13-11-5-4-10(12)8-9(11)2/h4-5,8,13-14H,3,6-7,12H2,1-2H3. The Kier molecular flexibility index (Phi) is 4.77. The first-order valence-corrected chi connectivity index (χ1v) is 7.17. The number of nitrogen functional groups attached to an aromatic ring is 1.